The number of aromatic carboxylic acids is 1. The van der Waals surface area contributed by atoms with Crippen LogP contribution in [0, 0.1) is 0 Å². The summed E-state index contributed by atoms with van der Waals surface area (Å²) >= 11 is 0. The van der Waals surface area contributed by atoms with Crippen molar-refractivity contribution in [2.45, 2.75) is 31.6 Å². The highest BCUT2D eigenvalue weighted by molar-refractivity contribution is 5.85. The van der Waals surface area contributed by atoms with E-state index in [9.17, 15) is 4.79 Å². The molecule has 0 bridgehead atoms. The first-order valence-electron chi connectivity index (χ1n) is 5.49. The van der Waals surface area contributed by atoms with E-state index in [1.807, 2.05) is 0 Å². The van der Waals surface area contributed by atoms with Gasteiger partial charge in [-0.05, 0) is 24.8 Å². The van der Waals surface area contributed by atoms with Gasteiger partial charge in [0.1, 0.15) is 11.4 Å². The molecule has 2 rings (SSSR count). The number of hydrogen-bond acceptors (Lipinski definition) is 3. The zero-order chi connectivity index (χ0) is 11.5. The number of carboxylic acids is 1. The van der Waals surface area contributed by atoms with E-state index < -0.39 is 5.97 Å². The number of carboxylic acid groups (broad SMARTS) is 1. The van der Waals surface area contributed by atoms with E-state index in [0.29, 0.717) is 11.7 Å². The third-order valence-electron chi connectivity index (χ3n) is 3.13. The molecule has 0 aromatic carbocycles. The van der Waals surface area contributed by atoms with Crippen LogP contribution in [0.25, 0.3) is 0 Å². The highest BCUT2D eigenvalue weighted by Crippen LogP contribution is 2.38. The molecule has 1 saturated carbocycles. The van der Waals surface area contributed by atoms with Gasteiger partial charge in [-0.3, -0.25) is 0 Å². The Labute approximate surface area is 94.3 Å². The molecule has 86 valence electrons. The number of nitrogens with zero attached hydrogens (tertiary/aromatic N) is 1. The second kappa shape index (κ2) is 4.51. The van der Waals surface area contributed by atoms with E-state index in [1.54, 1.807) is 13.2 Å². The molecule has 1 aromatic heterocycles. The summed E-state index contributed by atoms with van der Waals surface area (Å²) in [6.45, 7) is 0. The summed E-state index contributed by atoms with van der Waals surface area (Å²) < 4.78 is 5.24. The molecular formula is C12H15NO3. The van der Waals surface area contributed by atoms with Gasteiger partial charge in [-0.2, -0.15) is 0 Å². The third kappa shape index (κ3) is 2.01. The quantitative estimate of drug-likeness (QED) is 0.851. The highest BCUT2D eigenvalue weighted by atomic mass is 16.5. The molecule has 0 spiro atoms. The molecule has 0 atom stereocenters. The molecule has 0 unspecified atom stereocenters. The molecule has 0 aliphatic heterocycles. The second-order valence-corrected chi connectivity index (χ2v) is 4.10. The number of ether oxygens (including phenoxy) is 1. The molecule has 0 radical (unpaired) electrons. The zero-order valence-corrected chi connectivity index (χ0v) is 9.27. The van der Waals surface area contributed by atoms with Gasteiger partial charge in [-0.1, -0.05) is 12.8 Å². The Bertz CT molecular complexity index is 397. The average molecular weight is 221 g/mol. The molecule has 1 fully saturated rings. The molecule has 1 aliphatic carbocycles. The molecule has 4 heteroatoms. The van der Waals surface area contributed by atoms with Gasteiger partial charge in [-0.15, -0.1) is 0 Å². The Morgan fingerprint density at radius 1 is 1.50 bits per heavy atom. The topological polar surface area (TPSA) is 59.4 Å². The van der Waals surface area contributed by atoms with Gasteiger partial charge in [0.25, 0.3) is 0 Å². The molecule has 1 heterocycles. The monoisotopic (exact) mass is 221 g/mol. The third-order valence-corrected chi connectivity index (χ3v) is 3.13. The minimum absolute atomic E-state index is 0.0997. The van der Waals surface area contributed by atoms with E-state index in [4.69, 9.17) is 9.84 Å². The summed E-state index contributed by atoms with van der Waals surface area (Å²) in [4.78, 5) is 14.7. The van der Waals surface area contributed by atoms with Crippen LogP contribution in [0.4, 0.5) is 0 Å². The van der Waals surface area contributed by atoms with Crippen LogP contribution >= 0.6 is 0 Å². The largest absolute Gasteiger partial charge is 0.495 e. The smallest absolute Gasteiger partial charge is 0.354 e. The number of pyridine rings is 1. The molecule has 1 aliphatic rings. The molecule has 16 heavy (non-hydrogen) atoms. The fraction of sp³-hybridized carbons (Fsp3) is 0.500. The van der Waals surface area contributed by atoms with E-state index in [0.717, 1.165) is 18.4 Å². The Balaban J connectivity index is 2.38. The van der Waals surface area contributed by atoms with Crippen molar-refractivity contribution in [2.75, 3.05) is 7.11 Å². The normalized spacial score (nSPS) is 16.3. The lowest BCUT2D eigenvalue weighted by molar-refractivity contribution is 0.0690. The first-order valence-corrected chi connectivity index (χ1v) is 5.49. The van der Waals surface area contributed by atoms with Crippen LogP contribution in [0.1, 0.15) is 47.7 Å². The van der Waals surface area contributed by atoms with Crippen LogP contribution in [-0.2, 0) is 0 Å². The molecular weight excluding hydrogens is 206 g/mol. The SMILES string of the molecule is COc1cnc(C(=O)O)cc1C1CCCC1. The fourth-order valence-electron chi connectivity index (χ4n) is 2.30. The standard InChI is InChI=1S/C12H15NO3/c1-16-11-7-13-10(12(14)15)6-9(11)8-4-2-3-5-8/h6-8H,2-5H2,1H3,(H,14,15). The van der Waals surface area contributed by atoms with Gasteiger partial charge in [0.15, 0.2) is 0 Å². The molecule has 1 N–H and O–H groups in total. The van der Waals surface area contributed by atoms with Crippen molar-refractivity contribution in [3.8, 4) is 5.75 Å². The lowest BCUT2D eigenvalue weighted by atomic mass is 9.97. The minimum Gasteiger partial charge on any atom is -0.495 e. The predicted molar refractivity (Wildman–Crippen MR) is 59.0 cm³/mol. The second-order valence-electron chi connectivity index (χ2n) is 4.10. The van der Waals surface area contributed by atoms with E-state index in [2.05, 4.69) is 4.98 Å². The van der Waals surface area contributed by atoms with Crippen molar-refractivity contribution < 1.29 is 14.6 Å². The van der Waals surface area contributed by atoms with Crippen molar-refractivity contribution >= 4 is 5.97 Å². The van der Waals surface area contributed by atoms with E-state index in [-0.39, 0.29) is 5.69 Å². The number of rotatable bonds is 3. The fourth-order valence-corrected chi connectivity index (χ4v) is 2.30. The number of hydrogen-bond donors (Lipinski definition) is 1. The van der Waals surface area contributed by atoms with Gasteiger partial charge in [0.05, 0.1) is 13.3 Å². The van der Waals surface area contributed by atoms with Crippen LogP contribution in [0.3, 0.4) is 0 Å². The average Bonchev–Trinajstić information content (AvgIpc) is 2.81. The summed E-state index contributed by atoms with van der Waals surface area (Å²) in [5, 5.41) is 8.91. The van der Waals surface area contributed by atoms with Gasteiger partial charge in [0, 0.05) is 5.56 Å². The minimum atomic E-state index is -0.984. The van der Waals surface area contributed by atoms with Gasteiger partial charge in [-0.25, -0.2) is 9.78 Å². The van der Waals surface area contributed by atoms with E-state index >= 15 is 0 Å². The van der Waals surface area contributed by atoms with Gasteiger partial charge < -0.3 is 9.84 Å². The first kappa shape index (κ1) is 10.9. The summed E-state index contributed by atoms with van der Waals surface area (Å²) in [6.07, 6.45) is 6.15. The van der Waals surface area contributed by atoms with Crippen molar-refractivity contribution in [3.63, 3.8) is 0 Å². The maximum Gasteiger partial charge on any atom is 0.354 e. The Kier molecular flexibility index (Phi) is 3.08. The van der Waals surface area contributed by atoms with Crippen LogP contribution in [0.5, 0.6) is 5.75 Å². The van der Waals surface area contributed by atoms with Gasteiger partial charge >= 0.3 is 5.97 Å². The lowest BCUT2D eigenvalue weighted by Gasteiger charge is -2.14. The van der Waals surface area contributed by atoms with Crippen LogP contribution in [0.15, 0.2) is 12.3 Å². The zero-order valence-electron chi connectivity index (χ0n) is 9.27. The summed E-state index contributed by atoms with van der Waals surface area (Å²) in [5.74, 6) is 0.148. The Morgan fingerprint density at radius 2 is 2.19 bits per heavy atom. The predicted octanol–water partition coefficient (Wildman–Crippen LogP) is 2.45. The maximum atomic E-state index is 10.9. The summed E-state index contributed by atoms with van der Waals surface area (Å²) in [5.41, 5.74) is 1.09. The van der Waals surface area contributed by atoms with Crippen LogP contribution in [0.2, 0.25) is 0 Å². The number of methoxy groups -OCH3 is 1. The summed E-state index contributed by atoms with van der Waals surface area (Å²) in [6, 6.07) is 1.65. The molecule has 1 aromatic rings. The van der Waals surface area contributed by atoms with Crippen LogP contribution in [-0.4, -0.2) is 23.2 Å². The highest BCUT2D eigenvalue weighted by Gasteiger charge is 2.22. The Morgan fingerprint density at radius 3 is 2.75 bits per heavy atom. The molecule has 0 saturated heterocycles. The van der Waals surface area contributed by atoms with Crippen LogP contribution < -0.4 is 4.74 Å². The van der Waals surface area contributed by atoms with E-state index in [1.165, 1.54) is 19.0 Å². The lowest BCUT2D eigenvalue weighted by Crippen LogP contribution is -2.05. The maximum absolute atomic E-state index is 10.9. The first-order chi connectivity index (χ1) is 7.72. The van der Waals surface area contributed by atoms with Crippen molar-refractivity contribution in [2.24, 2.45) is 0 Å². The number of carbonyl (C=O) groups is 1. The van der Waals surface area contributed by atoms with Crippen molar-refractivity contribution in [1.29, 1.82) is 0 Å². The van der Waals surface area contributed by atoms with Gasteiger partial charge in [0.2, 0.25) is 0 Å². The number of aromatic nitrogens is 1. The van der Waals surface area contributed by atoms with Crippen molar-refractivity contribution in [3.05, 3.63) is 23.5 Å². The Hall–Kier alpha value is -1.58. The molecule has 4 nitrogen and oxygen atoms in total. The summed E-state index contributed by atoms with van der Waals surface area (Å²) in [7, 11) is 1.59. The van der Waals surface area contributed by atoms with Crippen molar-refractivity contribution in [1.82, 2.24) is 4.98 Å². The molecule has 0 amide bonds.